The molecule has 4 N–H and O–H groups in total. The topological polar surface area (TPSA) is 135 Å². The third kappa shape index (κ3) is 5.92. The molecule has 37 heavy (non-hydrogen) atoms. The first-order valence-corrected chi connectivity index (χ1v) is 12.1. The van der Waals surface area contributed by atoms with Crippen molar-refractivity contribution in [1.29, 1.82) is 0 Å². The van der Waals surface area contributed by atoms with E-state index in [1.807, 2.05) is 18.2 Å². The second-order valence-corrected chi connectivity index (χ2v) is 9.60. The van der Waals surface area contributed by atoms with Gasteiger partial charge < -0.3 is 30.5 Å². The first-order chi connectivity index (χ1) is 17.6. The Morgan fingerprint density at radius 2 is 1.92 bits per heavy atom. The van der Waals surface area contributed by atoms with E-state index in [-0.39, 0.29) is 19.4 Å². The fourth-order valence-electron chi connectivity index (χ4n) is 4.43. The van der Waals surface area contributed by atoms with Crippen LogP contribution in [0.15, 0.2) is 54.7 Å². The van der Waals surface area contributed by atoms with Gasteiger partial charge >= 0.3 is 0 Å². The van der Waals surface area contributed by atoms with Crippen molar-refractivity contribution in [2.24, 2.45) is 0 Å². The molecule has 2 heterocycles. The Labute approximate surface area is 218 Å². The van der Waals surface area contributed by atoms with Crippen LogP contribution in [0, 0.1) is 0 Å². The molecule has 0 radical (unpaired) electrons. The molecular weight excluding hydrogens is 498 g/mol. The van der Waals surface area contributed by atoms with Crippen LogP contribution < -0.4 is 10.6 Å². The maximum Gasteiger partial charge on any atom is 0.256 e. The van der Waals surface area contributed by atoms with Crippen LogP contribution in [0.4, 0.5) is 5.69 Å². The molecule has 0 spiro atoms. The number of hydrogen-bond donors (Lipinski definition) is 4. The largest absolute Gasteiger partial charge is 0.391 e. The first-order valence-electron chi connectivity index (χ1n) is 11.8. The summed E-state index contributed by atoms with van der Waals surface area (Å²) < 4.78 is 0. The summed E-state index contributed by atoms with van der Waals surface area (Å²) in [5.74, 6) is -2.02. The summed E-state index contributed by atoms with van der Waals surface area (Å²) in [6.45, 7) is -0.0298. The number of aromatic amines is 1. The summed E-state index contributed by atoms with van der Waals surface area (Å²) in [6, 6.07) is 11.6. The first kappa shape index (κ1) is 26.2. The lowest BCUT2D eigenvalue weighted by atomic mass is 10.1. The van der Waals surface area contributed by atoms with Crippen molar-refractivity contribution in [2.45, 2.75) is 31.0 Å². The molecule has 3 aromatic rings. The van der Waals surface area contributed by atoms with E-state index < -0.39 is 41.8 Å². The normalized spacial score (nSPS) is 17.9. The number of aliphatic hydroxyl groups excluding tert-OH is 1. The molecule has 1 saturated heterocycles. The molecule has 10 nitrogen and oxygen atoms in total. The highest BCUT2D eigenvalue weighted by Crippen LogP contribution is 2.25. The minimum Gasteiger partial charge on any atom is -0.391 e. The van der Waals surface area contributed by atoms with Gasteiger partial charge in [0.1, 0.15) is 12.1 Å². The maximum atomic E-state index is 13.4. The number of likely N-dealkylation sites (N-methyl/N-ethyl adjacent to an activating group) is 1. The van der Waals surface area contributed by atoms with Gasteiger partial charge in [0.25, 0.3) is 5.91 Å². The number of aliphatic hydroxyl groups is 1. The second-order valence-electron chi connectivity index (χ2n) is 9.17. The monoisotopic (exact) mass is 525 g/mol. The number of carbonyl (C=O) groups excluding carboxylic acids is 4. The van der Waals surface area contributed by atoms with Gasteiger partial charge in [-0.25, -0.2) is 0 Å². The number of H-pyrrole nitrogens is 1. The molecule has 1 aliphatic rings. The number of benzene rings is 2. The lowest BCUT2D eigenvalue weighted by Gasteiger charge is -2.27. The average molecular weight is 526 g/mol. The van der Waals surface area contributed by atoms with E-state index in [9.17, 15) is 24.3 Å². The van der Waals surface area contributed by atoms with E-state index in [1.165, 1.54) is 23.9 Å². The summed E-state index contributed by atoms with van der Waals surface area (Å²) in [5, 5.41) is 16.7. The van der Waals surface area contributed by atoms with Crippen LogP contribution >= 0.6 is 11.6 Å². The summed E-state index contributed by atoms with van der Waals surface area (Å²) in [5.41, 5.74) is 1.60. The lowest BCUT2D eigenvalue weighted by molar-refractivity contribution is -0.137. The Kier molecular flexibility index (Phi) is 7.80. The average Bonchev–Trinajstić information content (AvgIpc) is 3.46. The van der Waals surface area contributed by atoms with E-state index >= 15 is 0 Å². The van der Waals surface area contributed by atoms with Crippen molar-refractivity contribution < 1.29 is 24.3 Å². The Bertz CT molecular complexity index is 1340. The number of likely N-dealkylation sites (tertiary alicyclic amines) is 1. The zero-order valence-electron chi connectivity index (χ0n) is 20.4. The molecule has 1 aliphatic heterocycles. The van der Waals surface area contributed by atoms with E-state index in [1.54, 1.807) is 36.5 Å². The lowest BCUT2D eigenvalue weighted by Crippen LogP contribution is -2.53. The number of hydrogen-bond acceptors (Lipinski definition) is 5. The molecule has 3 atom stereocenters. The van der Waals surface area contributed by atoms with Crippen molar-refractivity contribution in [2.75, 3.05) is 26.0 Å². The number of nitrogens with one attached hydrogen (secondary N) is 3. The Morgan fingerprint density at radius 3 is 2.65 bits per heavy atom. The number of fused-ring (bicyclic) bond motifs is 1. The highest BCUT2D eigenvalue weighted by atomic mass is 35.5. The standard InChI is InChI=1S/C26H28ClN5O5/c1-31(2)26(37)21(12-23(34)29-16-7-5-6-15(27)10-16)30-24(35)22-11-17(33)14-32(22)25(36)19-13-28-20-9-4-3-8-18(19)20/h3-10,13,17,21-22,28,33H,11-12,14H2,1-2H3,(H,29,34)(H,30,35)/t17-,21?,22?/m1/s1. The number of halogens is 1. The van der Waals surface area contributed by atoms with Gasteiger partial charge in [0.2, 0.25) is 17.7 Å². The molecule has 2 aromatic carbocycles. The van der Waals surface area contributed by atoms with Crippen LogP contribution in [0.5, 0.6) is 0 Å². The van der Waals surface area contributed by atoms with Crippen LogP contribution in [-0.4, -0.2) is 82.3 Å². The molecule has 4 rings (SSSR count). The molecule has 194 valence electrons. The summed E-state index contributed by atoms with van der Waals surface area (Å²) in [6.07, 6.45) is 0.350. The van der Waals surface area contributed by atoms with E-state index in [2.05, 4.69) is 15.6 Å². The second kappa shape index (κ2) is 11.0. The number of nitrogens with zero attached hydrogens (tertiary/aromatic N) is 2. The van der Waals surface area contributed by atoms with E-state index in [0.717, 1.165) is 5.52 Å². The number of aromatic nitrogens is 1. The zero-order chi connectivity index (χ0) is 26.7. The number of carbonyl (C=O) groups is 4. The van der Waals surface area contributed by atoms with Gasteiger partial charge in [-0.1, -0.05) is 35.9 Å². The highest BCUT2D eigenvalue weighted by molar-refractivity contribution is 6.30. The molecule has 1 fully saturated rings. The van der Waals surface area contributed by atoms with E-state index in [4.69, 9.17) is 11.6 Å². The van der Waals surface area contributed by atoms with Gasteiger partial charge in [-0.15, -0.1) is 0 Å². The molecule has 1 aromatic heterocycles. The minimum atomic E-state index is -1.18. The molecule has 4 amide bonds. The molecule has 0 saturated carbocycles. The van der Waals surface area contributed by atoms with Gasteiger partial charge in [0.15, 0.2) is 0 Å². The fourth-order valence-corrected chi connectivity index (χ4v) is 4.62. The number of anilines is 1. The highest BCUT2D eigenvalue weighted by Gasteiger charge is 2.41. The number of β-amino-alcohol motifs (C(OH)–C–C–N with tert-alkyl or cyclic N) is 1. The summed E-state index contributed by atoms with van der Waals surface area (Å²) in [7, 11) is 3.03. The van der Waals surface area contributed by atoms with Crippen LogP contribution in [0.3, 0.4) is 0 Å². The smallest absolute Gasteiger partial charge is 0.256 e. The van der Waals surface area contributed by atoms with Gasteiger partial charge in [-0.05, 0) is 24.3 Å². The predicted octanol–water partition coefficient (Wildman–Crippen LogP) is 2.00. The number of para-hydroxylation sites is 1. The van der Waals surface area contributed by atoms with Crippen LogP contribution in [0.25, 0.3) is 10.9 Å². The van der Waals surface area contributed by atoms with Gasteiger partial charge in [-0.2, -0.15) is 0 Å². The Morgan fingerprint density at radius 1 is 1.16 bits per heavy atom. The molecule has 2 unspecified atom stereocenters. The fraction of sp³-hybridized carbons (Fsp3) is 0.308. The quantitative estimate of drug-likeness (QED) is 0.374. The van der Waals surface area contributed by atoms with Gasteiger partial charge in [-0.3, -0.25) is 19.2 Å². The van der Waals surface area contributed by atoms with E-state index in [0.29, 0.717) is 21.7 Å². The van der Waals surface area contributed by atoms with Gasteiger partial charge in [0.05, 0.1) is 18.1 Å². The van der Waals surface area contributed by atoms with Crippen LogP contribution in [-0.2, 0) is 14.4 Å². The summed E-state index contributed by atoms with van der Waals surface area (Å²) in [4.78, 5) is 57.8. The van der Waals surface area contributed by atoms with Crippen molar-refractivity contribution >= 4 is 51.8 Å². The van der Waals surface area contributed by atoms with Crippen LogP contribution in [0.1, 0.15) is 23.2 Å². The Balaban J connectivity index is 1.50. The predicted molar refractivity (Wildman–Crippen MR) is 139 cm³/mol. The Hall–Kier alpha value is -3.89. The summed E-state index contributed by atoms with van der Waals surface area (Å²) >= 11 is 5.96. The number of rotatable bonds is 7. The molecular formula is C26H28ClN5O5. The van der Waals surface area contributed by atoms with Crippen molar-refractivity contribution in [3.8, 4) is 0 Å². The van der Waals surface area contributed by atoms with Crippen LogP contribution in [0.2, 0.25) is 5.02 Å². The third-order valence-electron chi connectivity index (χ3n) is 6.22. The van der Waals surface area contributed by atoms with Crippen molar-refractivity contribution in [3.63, 3.8) is 0 Å². The van der Waals surface area contributed by atoms with Crippen molar-refractivity contribution in [3.05, 3.63) is 65.3 Å². The maximum absolute atomic E-state index is 13.4. The SMILES string of the molecule is CN(C)C(=O)C(CC(=O)Nc1cccc(Cl)c1)NC(=O)C1C[C@@H](O)CN1C(=O)c1c[nH]c2ccccc12. The van der Waals surface area contributed by atoms with Crippen molar-refractivity contribution in [1.82, 2.24) is 20.1 Å². The molecule has 0 bridgehead atoms. The zero-order valence-corrected chi connectivity index (χ0v) is 21.2. The third-order valence-corrected chi connectivity index (χ3v) is 6.45. The number of amides is 4. The van der Waals surface area contributed by atoms with Gasteiger partial charge in [0, 0.05) is 54.9 Å². The molecule has 0 aliphatic carbocycles. The minimum absolute atomic E-state index is 0.0114. The molecule has 11 heteroatoms.